The molecule has 0 spiro atoms. The molecule has 7 nitrogen and oxygen atoms in total. The number of para-hydroxylation sites is 1. The number of piperidine rings is 2. The van der Waals surface area contributed by atoms with Gasteiger partial charge in [0, 0.05) is 13.5 Å². The molecule has 2 aliphatic heterocycles. The summed E-state index contributed by atoms with van der Waals surface area (Å²) in [5.74, 6) is -0.269. The average molecular weight is 383 g/mol. The number of aromatic nitrogens is 2. The fourth-order valence-electron chi connectivity index (χ4n) is 4.72. The molecule has 2 saturated heterocycles. The van der Waals surface area contributed by atoms with Crippen molar-refractivity contribution in [3.8, 4) is 0 Å². The number of carbonyl (C=O) groups is 2. The fourth-order valence-corrected chi connectivity index (χ4v) is 4.72. The Kier molecular flexibility index (Phi) is 5.10. The number of hydrogen-bond donors (Lipinski definition) is 1. The average Bonchev–Trinajstić information content (AvgIpc) is 2.94. The van der Waals surface area contributed by atoms with Crippen LogP contribution in [-0.4, -0.2) is 45.5 Å². The molecule has 7 heteroatoms. The summed E-state index contributed by atoms with van der Waals surface area (Å²) in [5.41, 5.74) is 2.66. The normalized spacial score (nSPS) is 22.0. The van der Waals surface area contributed by atoms with Gasteiger partial charge in [0.1, 0.15) is 6.04 Å². The van der Waals surface area contributed by atoms with Crippen LogP contribution in [0.25, 0.3) is 11.0 Å². The second kappa shape index (κ2) is 7.54. The Morgan fingerprint density at radius 3 is 2.57 bits per heavy atom. The SMILES string of the molecule is [CH2]CCN1CCC(c2cccc3c2n(C)c(=O)n3C2CCC(=O)NC2=O)CC1. The van der Waals surface area contributed by atoms with E-state index in [4.69, 9.17) is 0 Å². The van der Waals surface area contributed by atoms with E-state index in [9.17, 15) is 14.4 Å². The largest absolute Gasteiger partial charge is 0.329 e. The first-order valence-corrected chi connectivity index (χ1v) is 10.1. The highest BCUT2D eigenvalue weighted by Gasteiger charge is 2.32. The minimum atomic E-state index is -0.636. The van der Waals surface area contributed by atoms with Crippen LogP contribution in [0.1, 0.15) is 49.6 Å². The first-order chi connectivity index (χ1) is 13.5. The van der Waals surface area contributed by atoms with Crippen LogP contribution in [0.4, 0.5) is 0 Å². The van der Waals surface area contributed by atoms with E-state index < -0.39 is 11.9 Å². The highest BCUT2D eigenvalue weighted by Crippen LogP contribution is 2.34. The van der Waals surface area contributed by atoms with E-state index in [1.165, 1.54) is 5.56 Å². The van der Waals surface area contributed by atoms with Crippen LogP contribution in [0.5, 0.6) is 0 Å². The lowest BCUT2D eigenvalue weighted by atomic mass is 9.88. The van der Waals surface area contributed by atoms with Crippen molar-refractivity contribution in [2.24, 2.45) is 7.05 Å². The van der Waals surface area contributed by atoms with Gasteiger partial charge >= 0.3 is 5.69 Å². The van der Waals surface area contributed by atoms with Gasteiger partial charge in [-0.15, -0.1) is 0 Å². The van der Waals surface area contributed by atoms with E-state index >= 15 is 0 Å². The van der Waals surface area contributed by atoms with Gasteiger partial charge in [0.05, 0.1) is 11.0 Å². The zero-order valence-electron chi connectivity index (χ0n) is 16.3. The number of carbonyl (C=O) groups excluding carboxylic acids is 2. The van der Waals surface area contributed by atoms with Crippen LogP contribution in [-0.2, 0) is 16.6 Å². The zero-order valence-corrected chi connectivity index (χ0v) is 16.3. The first-order valence-electron chi connectivity index (χ1n) is 10.1. The van der Waals surface area contributed by atoms with E-state index in [1.807, 2.05) is 12.1 Å². The van der Waals surface area contributed by atoms with Gasteiger partial charge in [0.2, 0.25) is 11.8 Å². The van der Waals surface area contributed by atoms with Gasteiger partial charge < -0.3 is 4.90 Å². The highest BCUT2D eigenvalue weighted by molar-refractivity contribution is 6.00. The van der Waals surface area contributed by atoms with Crippen LogP contribution < -0.4 is 11.0 Å². The van der Waals surface area contributed by atoms with Gasteiger partial charge in [-0.2, -0.15) is 0 Å². The number of benzene rings is 1. The Morgan fingerprint density at radius 2 is 1.89 bits per heavy atom. The second-order valence-corrected chi connectivity index (χ2v) is 7.86. The zero-order chi connectivity index (χ0) is 19.8. The molecule has 1 radical (unpaired) electrons. The smallest absolute Gasteiger partial charge is 0.303 e. The third-order valence-corrected chi connectivity index (χ3v) is 6.16. The quantitative estimate of drug-likeness (QED) is 0.816. The van der Waals surface area contributed by atoms with E-state index in [0.717, 1.165) is 49.9 Å². The lowest BCUT2D eigenvalue weighted by Gasteiger charge is -2.32. The third kappa shape index (κ3) is 3.17. The number of imide groups is 1. The van der Waals surface area contributed by atoms with Crippen LogP contribution >= 0.6 is 0 Å². The molecule has 4 rings (SSSR count). The molecule has 0 bridgehead atoms. The van der Waals surface area contributed by atoms with Crippen LogP contribution in [0, 0.1) is 6.92 Å². The van der Waals surface area contributed by atoms with Crippen molar-refractivity contribution in [1.29, 1.82) is 0 Å². The Bertz CT molecular complexity index is 966. The molecule has 28 heavy (non-hydrogen) atoms. The van der Waals surface area contributed by atoms with Crippen molar-refractivity contribution in [3.63, 3.8) is 0 Å². The number of hydrogen-bond acceptors (Lipinski definition) is 4. The Balaban J connectivity index is 1.73. The fraction of sp³-hybridized carbons (Fsp3) is 0.524. The van der Waals surface area contributed by atoms with Gasteiger partial charge in [-0.1, -0.05) is 19.1 Å². The summed E-state index contributed by atoms with van der Waals surface area (Å²) in [6.45, 7) is 7.05. The maximum absolute atomic E-state index is 13.0. The van der Waals surface area contributed by atoms with E-state index in [2.05, 4.69) is 23.2 Å². The molecule has 2 amide bonds. The number of aryl methyl sites for hydroxylation is 1. The van der Waals surface area contributed by atoms with Crippen LogP contribution in [0.15, 0.2) is 23.0 Å². The van der Waals surface area contributed by atoms with Crippen molar-refractivity contribution in [2.75, 3.05) is 19.6 Å². The number of nitrogens with zero attached hydrogens (tertiary/aromatic N) is 3. The lowest BCUT2D eigenvalue weighted by Crippen LogP contribution is -2.44. The molecular formula is C21H27N4O3. The molecule has 2 fully saturated rings. The molecule has 0 aliphatic carbocycles. The van der Waals surface area contributed by atoms with Gasteiger partial charge in [-0.05, 0) is 62.9 Å². The predicted molar refractivity (Wildman–Crippen MR) is 107 cm³/mol. The highest BCUT2D eigenvalue weighted by atomic mass is 16.2. The number of likely N-dealkylation sites (tertiary alicyclic amines) is 1. The van der Waals surface area contributed by atoms with Crippen LogP contribution in [0.2, 0.25) is 0 Å². The van der Waals surface area contributed by atoms with Crippen molar-refractivity contribution < 1.29 is 9.59 Å². The lowest BCUT2D eigenvalue weighted by molar-refractivity contribution is -0.135. The summed E-state index contributed by atoms with van der Waals surface area (Å²) in [5, 5.41) is 2.37. The summed E-state index contributed by atoms with van der Waals surface area (Å²) in [6, 6.07) is 5.35. The minimum absolute atomic E-state index is 0.202. The topological polar surface area (TPSA) is 76.3 Å². The van der Waals surface area contributed by atoms with E-state index in [-0.39, 0.29) is 18.0 Å². The molecule has 3 heterocycles. The van der Waals surface area contributed by atoms with Gasteiger partial charge in [0.15, 0.2) is 0 Å². The van der Waals surface area contributed by atoms with Gasteiger partial charge in [0.25, 0.3) is 0 Å². The molecule has 1 aromatic carbocycles. The van der Waals surface area contributed by atoms with Crippen LogP contribution in [0.3, 0.4) is 0 Å². The summed E-state index contributed by atoms with van der Waals surface area (Å²) in [7, 11) is 1.77. The molecule has 149 valence electrons. The maximum atomic E-state index is 13.0. The monoisotopic (exact) mass is 383 g/mol. The standard InChI is InChI=1S/C21H27N4O3/c1-3-11-24-12-9-14(10-13-24)15-5-4-6-16-19(15)23(2)21(28)25(16)17-7-8-18(26)22-20(17)27/h4-6,14,17H,1,3,7-13H2,2H3,(H,22,26,27). The number of amides is 2. The molecule has 1 aromatic heterocycles. The molecule has 0 saturated carbocycles. The Morgan fingerprint density at radius 1 is 1.14 bits per heavy atom. The second-order valence-electron chi connectivity index (χ2n) is 7.86. The number of rotatable bonds is 4. The van der Waals surface area contributed by atoms with Gasteiger partial charge in [-0.3, -0.25) is 24.0 Å². The summed E-state index contributed by atoms with van der Waals surface area (Å²) >= 11 is 0. The van der Waals surface area contributed by atoms with Crippen molar-refractivity contribution in [3.05, 3.63) is 41.2 Å². The Labute approximate surface area is 164 Å². The molecule has 1 atom stereocenters. The van der Waals surface area contributed by atoms with Crippen molar-refractivity contribution in [2.45, 2.75) is 44.1 Å². The number of fused-ring (bicyclic) bond motifs is 1. The molecule has 2 aromatic rings. The third-order valence-electron chi connectivity index (χ3n) is 6.16. The Hall–Kier alpha value is -2.41. The van der Waals surface area contributed by atoms with Crippen molar-refractivity contribution >= 4 is 22.8 Å². The summed E-state index contributed by atoms with van der Waals surface area (Å²) < 4.78 is 3.23. The molecule has 1 unspecified atom stereocenters. The first kappa shape index (κ1) is 18.9. The predicted octanol–water partition coefficient (Wildman–Crippen LogP) is 1.72. The van der Waals surface area contributed by atoms with Gasteiger partial charge in [-0.25, -0.2) is 4.79 Å². The van der Waals surface area contributed by atoms with Crippen molar-refractivity contribution in [1.82, 2.24) is 19.4 Å². The van der Waals surface area contributed by atoms with E-state index in [1.54, 1.807) is 16.2 Å². The summed E-state index contributed by atoms with van der Waals surface area (Å²) in [4.78, 5) is 39.4. The maximum Gasteiger partial charge on any atom is 0.329 e. The molecule has 1 N–H and O–H groups in total. The minimum Gasteiger partial charge on any atom is -0.303 e. The number of imidazole rings is 1. The summed E-state index contributed by atoms with van der Waals surface area (Å²) in [6.07, 6.45) is 3.64. The molecular weight excluding hydrogens is 356 g/mol. The van der Waals surface area contributed by atoms with E-state index in [0.29, 0.717) is 12.3 Å². The molecule has 2 aliphatic rings. The number of nitrogens with one attached hydrogen (secondary N) is 1.